The summed E-state index contributed by atoms with van der Waals surface area (Å²) in [5.74, 6) is 0.944. The third-order valence-electron chi connectivity index (χ3n) is 2.98. The molecule has 0 aliphatic rings. The molecule has 0 spiro atoms. The molecule has 2 N–H and O–H groups in total. The van der Waals surface area contributed by atoms with Crippen molar-refractivity contribution in [1.29, 1.82) is 0 Å². The van der Waals surface area contributed by atoms with Crippen LogP contribution in [0, 0.1) is 6.92 Å². The minimum atomic E-state index is 0.0380. The lowest BCUT2D eigenvalue weighted by Gasteiger charge is -2.27. The second kappa shape index (κ2) is 5.19. The fraction of sp³-hybridized carbons (Fsp3) is 0.538. The van der Waals surface area contributed by atoms with Crippen LogP contribution in [0.25, 0.3) is 0 Å². The summed E-state index contributed by atoms with van der Waals surface area (Å²) in [4.78, 5) is 0. The van der Waals surface area contributed by atoms with E-state index in [1.54, 1.807) is 7.11 Å². The van der Waals surface area contributed by atoms with E-state index >= 15 is 0 Å². The molecule has 90 valence electrons. The Morgan fingerprint density at radius 2 is 2.00 bits per heavy atom. The van der Waals surface area contributed by atoms with Crippen LogP contribution in [0.15, 0.2) is 16.6 Å². The van der Waals surface area contributed by atoms with Gasteiger partial charge in [0.05, 0.1) is 7.11 Å². The van der Waals surface area contributed by atoms with Crippen LogP contribution in [0.4, 0.5) is 0 Å². The molecular weight excluding hydrogens is 266 g/mol. The highest BCUT2D eigenvalue weighted by Gasteiger charge is 2.24. The van der Waals surface area contributed by atoms with Gasteiger partial charge in [0.25, 0.3) is 0 Å². The number of hydrogen-bond donors (Lipinski definition) is 1. The highest BCUT2D eigenvalue weighted by Crippen LogP contribution is 2.37. The van der Waals surface area contributed by atoms with E-state index < -0.39 is 0 Å². The van der Waals surface area contributed by atoms with E-state index in [0.29, 0.717) is 6.54 Å². The molecule has 3 heteroatoms. The zero-order valence-electron chi connectivity index (χ0n) is 10.4. The Bertz CT molecular complexity index is 374. The summed E-state index contributed by atoms with van der Waals surface area (Å²) in [6.45, 7) is 7.13. The van der Waals surface area contributed by atoms with Crippen LogP contribution in [-0.4, -0.2) is 13.7 Å². The van der Waals surface area contributed by atoms with Crippen molar-refractivity contribution in [2.24, 2.45) is 5.73 Å². The van der Waals surface area contributed by atoms with Gasteiger partial charge < -0.3 is 10.5 Å². The maximum Gasteiger partial charge on any atom is 0.122 e. The normalized spacial score (nSPS) is 11.6. The standard InChI is InChI=1S/C13H20BrNO/c1-9-7-12(16-4)10(8-11(9)14)13(2,3)5-6-15/h7-8H,5-6,15H2,1-4H3. The summed E-state index contributed by atoms with van der Waals surface area (Å²) in [6, 6.07) is 4.21. The van der Waals surface area contributed by atoms with Gasteiger partial charge in [0.1, 0.15) is 5.75 Å². The Hall–Kier alpha value is -0.540. The SMILES string of the molecule is COc1cc(C)c(Br)cc1C(C)(C)CCN. The van der Waals surface area contributed by atoms with E-state index in [4.69, 9.17) is 10.5 Å². The molecule has 0 heterocycles. The highest BCUT2D eigenvalue weighted by molar-refractivity contribution is 9.10. The minimum Gasteiger partial charge on any atom is -0.496 e. The molecule has 0 amide bonds. The number of aryl methyl sites for hydroxylation is 1. The van der Waals surface area contributed by atoms with Crippen molar-refractivity contribution in [2.45, 2.75) is 32.6 Å². The van der Waals surface area contributed by atoms with Gasteiger partial charge >= 0.3 is 0 Å². The van der Waals surface area contributed by atoms with Crippen LogP contribution < -0.4 is 10.5 Å². The van der Waals surface area contributed by atoms with Gasteiger partial charge in [0, 0.05) is 10.0 Å². The van der Waals surface area contributed by atoms with Crippen molar-refractivity contribution >= 4 is 15.9 Å². The first kappa shape index (κ1) is 13.5. The molecule has 0 atom stereocenters. The van der Waals surface area contributed by atoms with Crippen LogP contribution in [0.2, 0.25) is 0 Å². The molecule has 1 aromatic carbocycles. The number of methoxy groups -OCH3 is 1. The maximum absolute atomic E-state index is 5.66. The summed E-state index contributed by atoms with van der Waals surface area (Å²) < 4.78 is 6.57. The van der Waals surface area contributed by atoms with Crippen LogP contribution in [0.5, 0.6) is 5.75 Å². The van der Waals surface area contributed by atoms with Crippen LogP contribution in [0.1, 0.15) is 31.4 Å². The van der Waals surface area contributed by atoms with Crippen molar-refractivity contribution in [3.05, 3.63) is 27.7 Å². The summed E-state index contributed by atoms with van der Waals surface area (Å²) in [6.07, 6.45) is 0.943. The number of nitrogens with two attached hydrogens (primary N) is 1. The summed E-state index contributed by atoms with van der Waals surface area (Å²) in [5.41, 5.74) is 8.09. The van der Waals surface area contributed by atoms with Gasteiger partial charge in [0.2, 0.25) is 0 Å². The monoisotopic (exact) mass is 285 g/mol. The molecule has 16 heavy (non-hydrogen) atoms. The van der Waals surface area contributed by atoms with Gasteiger partial charge in [-0.1, -0.05) is 29.8 Å². The molecule has 0 aliphatic heterocycles. The zero-order chi connectivity index (χ0) is 12.3. The number of benzene rings is 1. The van der Waals surface area contributed by atoms with Crippen LogP contribution in [-0.2, 0) is 5.41 Å². The first-order valence-corrected chi connectivity index (χ1v) is 6.26. The first-order valence-electron chi connectivity index (χ1n) is 5.47. The lowest BCUT2D eigenvalue weighted by molar-refractivity contribution is 0.386. The Morgan fingerprint density at radius 1 is 1.38 bits per heavy atom. The molecule has 0 saturated carbocycles. The second-order valence-electron chi connectivity index (χ2n) is 4.72. The lowest BCUT2D eigenvalue weighted by atomic mass is 9.80. The average Bonchev–Trinajstić information content (AvgIpc) is 2.21. The highest BCUT2D eigenvalue weighted by atomic mass is 79.9. The van der Waals surface area contributed by atoms with E-state index in [1.165, 1.54) is 11.1 Å². The maximum atomic E-state index is 5.66. The number of ether oxygens (including phenoxy) is 1. The molecule has 1 rings (SSSR count). The fourth-order valence-corrected chi connectivity index (χ4v) is 2.19. The zero-order valence-corrected chi connectivity index (χ0v) is 12.0. The predicted molar refractivity (Wildman–Crippen MR) is 72.1 cm³/mol. The van der Waals surface area contributed by atoms with E-state index in [-0.39, 0.29) is 5.41 Å². The van der Waals surface area contributed by atoms with Crippen molar-refractivity contribution in [3.8, 4) is 5.75 Å². The molecule has 0 bridgehead atoms. The summed E-state index contributed by atoms with van der Waals surface area (Å²) in [7, 11) is 1.71. The second-order valence-corrected chi connectivity index (χ2v) is 5.58. The Morgan fingerprint density at radius 3 is 2.50 bits per heavy atom. The van der Waals surface area contributed by atoms with E-state index in [1.807, 2.05) is 0 Å². The third-order valence-corrected chi connectivity index (χ3v) is 3.83. The Labute approximate surface area is 106 Å². The minimum absolute atomic E-state index is 0.0380. The largest absolute Gasteiger partial charge is 0.496 e. The first-order chi connectivity index (χ1) is 7.42. The van der Waals surface area contributed by atoms with Gasteiger partial charge in [-0.25, -0.2) is 0 Å². The molecule has 0 aliphatic carbocycles. The topological polar surface area (TPSA) is 35.2 Å². The van der Waals surface area contributed by atoms with E-state index in [0.717, 1.165) is 16.6 Å². The lowest BCUT2D eigenvalue weighted by Crippen LogP contribution is -2.22. The van der Waals surface area contributed by atoms with Gasteiger partial charge in [0.15, 0.2) is 0 Å². The summed E-state index contributed by atoms with van der Waals surface area (Å²) >= 11 is 3.57. The molecule has 0 aromatic heterocycles. The molecule has 1 aromatic rings. The van der Waals surface area contributed by atoms with Gasteiger partial charge in [-0.15, -0.1) is 0 Å². The third kappa shape index (κ3) is 2.77. The molecule has 2 nitrogen and oxygen atoms in total. The smallest absolute Gasteiger partial charge is 0.122 e. The van der Waals surface area contributed by atoms with Crippen molar-refractivity contribution in [1.82, 2.24) is 0 Å². The van der Waals surface area contributed by atoms with Crippen LogP contribution >= 0.6 is 15.9 Å². The molecule has 0 unspecified atom stereocenters. The average molecular weight is 286 g/mol. The number of hydrogen-bond acceptors (Lipinski definition) is 2. The fourth-order valence-electron chi connectivity index (χ4n) is 1.85. The predicted octanol–water partition coefficient (Wildman–Crippen LogP) is 3.39. The molecule has 0 fully saturated rings. The van der Waals surface area contributed by atoms with E-state index in [2.05, 4.69) is 48.8 Å². The quantitative estimate of drug-likeness (QED) is 0.920. The Balaban J connectivity index is 3.26. The van der Waals surface area contributed by atoms with E-state index in [9.17, 15) is 0 Å². The molecular formula is C13H20BrNO. The van der Waals surface area contributed by atoms with Gasteiger partial charge in [-0.05, 0) is 43.0 Å². The Kier molecular flexibility index (Phi) is 4.39. The number of halogens is 1. The van der Waals surface area contributed by atoms with Crippen molar-refractivity contribution in [2.75, 3.05) is 13.7 Å². The van der Waals surface area contributed by atoms with Gasteiger partial charge in [-0.3, -0.25) is 0 Å². The number of rotatable bonds is 4. The van der Waals surface area contributed by atoms with Gasteiger partial charge in [-0.2, -0.15) is 0 Å². The van der Waals surface area contributed by atoms with Crippen molar-refractivity contribution < 1.29 is 4.74 Å². The van der Waals surface area contributed by atoms with Crippen LogP contribution in [0.3, 0.4) is 0 Å². The molecule has 0 radical (unpaired) electrons. The van der Waals surface area contributed by atoms with Crippen molar-refractivity contribution in [3.63, 3.8) is 0 Å². The molecule has 0 saturated heterocycles. The summed E-state index contributed by atoms with van der Waals surface area (Å²) in [5, 5.41) is 0.